The van der Waals surface area contributed by atoms with Gasteiger partial charge in [-0.3, -0.25) is 9.48 Å². The van der Waals surface area contributed by atoms with Gasteiger partial charge in [-0.2, -0.15) is 5.10 Å². The minimum Gasteiger partial charge on any atom is -0.507 e. The Morgan fingerprint density at radius 1 is 1.47 bits per heavy atom. The van der Waals surface area contributed by atoms with Crippen LogP contribution in [-0.4, -0.2) is 20.8 Å². The predicted molar refractivity (Wildman–Crippen MR) is 62.5 cm³/mol. The first-order valence-corrected chi connectivity index (χ1v) is 5.20. The van der Waals surface area contributed by atoms with E-state index in [4.69, 9.17) is 0 Å². The molecule has 5 heteroatoms. The average molecular weight is 231 g/mol. The molecule has 1 amide bonds. The number of aryl methyl sites for hydroxylation is 1. The Hall–Kier alpha value is -2.30. The van der Waals surface area contributed by atoms with Crippen LogP contribution < -0.4 is 5.32 Å². The number of aromatic hydroxyl groups is 1. The first kappa shape index (κ1) is 11.2. The fourth-order valence-electron chi connectivity index (χ4n) is 1.51. The van der Waals surface area contributed by atoms with Gasteiger partial charge in [0.2, 0.25) is 0 Å². The molecule has 0 unspecified atom stereocenters. The van der Waals surface area contributed by atoms with Gasteiger partial charge in [0.25, 0.3) is 5.91 Å². The number of nitrogens with one attached hydrogen (secondary N) is 1. The zero-order valence-electron chi connectivity index (χ0n) is 9.42. The predicted octanol–water partition coefficient (Wildman–Crippen LogP) is 1.06. The topological polar surface area (TPSA) is 67.2 Å². The third-order valence-electron chi connectivity index (χ3n) is 2.36. The van der Waals surface area contributed by atoms with Crippen molar-refractivity contribution in [3.63, 3.8) is 0 Å². The second kappa shape index (κ2) is 4.69. The fraction of sp³-hybridized carbons (Fsp3) is 0.167. The van der Waals surface area contributed by atoms with Crippen molar-refractivity contribution < 1.29 is 9.90 Å². The van der Waals surface area contributed by atoms with Crippen molar-refractivity contribution in [2.75, 3.05) is 0 Å². The highest BCUT2D eigenvalue weighted by Crippen LogP contribution is 2.15. The summed E-state index contributed by atoms with van der Waals surface area (Å²) in [5.41, 5.74) is 1.19. The SMILES string of the molecule is Cn1cc(CNC(=O)c2ccccc2O)cn1. The van der Waals surface area contributed by atoms with Crippen molar-refractivity contribution in [3.8, 4) is 5.75 Å². The molecule has 0 aliphatic heterocycles. The molecule has 0 aliphatic rings. The van der Waals surface area contributed by atoms with Crippen LogP contribution in [0.1, 0.15) is 15.9 Å². The maximum atomic E-state index is 11.7. The van der Waals surface area contributed by atoms with Gasteiger partial charge >= 0.3 is 0 Å². The Kier molecular flexibility index (Phi) is 3.09. The minimum absolute atomic E-state index is 0.0174. The molecule has 0 radical (unpaired) electrons. The standard InChI is InChI=1S/C12H13N3O2/c1-15-8-9(7-14-15)6-13-12(17)10-4-2-3-5-11(10)16/h2-5,7-8,16H,6H2,1H3,(H,13,17). The number of hydrogen-bond donors (Lipinski definition) is 2. The number of benzene rings is 1. The van der Waals surface area contributed by atoms with Gasteiger partial charge in [-0.15, -0.1) is 0 Å². The summed E-state index contributed by atoms with van der Waals surface area (Å²) in [7, 11) is 1.81. The highest BCUT2D eigenvalue weighted by molar-refractivity contribution is 5.96. The number of aromatic nitrogens is 2. The summed E-state index contributed by atoms with van der Waals surface area (Å²) >= 11 is 0. The summed E-state index contributed by atoms with van der Waals surface area (Å²) in [4.78, 5) is 11.7. The van der Waals surface area contributed by atoms with Gasteiger partial charge in [0.05, 0.1) is 11.8 Å². The lowest BCUT2D eigenvalue weighted by Crippen LogP contribution is -2.22. The quantitative estimate of drug-likeness (QED) is 0.829. The Bertz CT molecular complexity index is 534. The van der Waals surface area contributed by atoms with Crippen LogP contribution in [0.2, 0.25) is 0 Å². The maximum absolute atomic E-state index is 11.7. The number of carbonyl (C=O) groups excluding carboxylic acids is 1. The molecule has 2 rings (SSSR count). The molecular formula is C12H13N3O2. The molecule has 0 saturated carbocycles. The van der Waals surface area contributed by atoms with E-state index < -0.39 is 0 Å². The number of phenols is 1. The molecule has 2 N–H and O–H groups in total. The van der Waals surface area contributed by atoms with Crippen LogP contribution in [-0.2, 0) is 13.6 Å². The summed E-state index contributed by atoms with van der Waals surface area (Å²) in [5.74, 6) is -0.317. The zero-order chi connectivity index (χ0) is 12.3. The number of amides is 1. The lowest BCUT2D eigenvalue weighted by Gasteiger charge is -2.05. The number of carbonyl (C=O) groups is 1. The fourth-order valence-corrected chi connectivity index (χ4v) is 1.51. The van der Waals surface area contributed by atoms with Gasteiger partial charge in [-0.25, -0.2) is 0 Å². The molecule has 5 nitrogen and oxygen atoms in total. The van der Waals surface area contributed by atoms with Crippen molar-refractivity contribution in [1.82, 2.24) is 15.1 Å². The average Bonchev–Trinajstić information content (AvgIpc) is 2.73. The van der Waals surface area contributed by atoms with E-state index in [9.17, 15) is 9.90 Å². The number of nitrogens with zero attached hydrogens (tertiary/aromatic N) is 2. The molecule has 1 aromatic heterocycles. The number of phenolic OH excluding ortho intramolecular Hbond substituents is 1. The molecular weight excluding hydrogens is 218 g/mol. The van der Waals surface area contributed by atoms with Crippen LogP contribution in [0.4, 0.5) is 0 Å². The van der Waals surface area contributed by atoms with Gasteiger partial charge in [-0.05, 0) is 12.1 Å². The molecule has 88 valence electrons. The van der Waals surface area contributed by atoms with E-state index in [1.165, 1.54) is 6.07 Å². The summed E-state index contributed by atoms with van der Waals surface area (Å²) in [6.07, 6.45) is 3.51. The van der Waals surface area contributed by atoms with Gasteiger partial charge in [0, 0.05) is 25.4 Å². The third kappa shape index (κ3) is 2.63. The van der Waals surface area contributed by atoms with Gasteiger partial charge < -0.3 is 10.4 Å². The molecule has 2 aromatic rings. The molecule has 1 aromatic carbocycles. The minimum atomic E-state index is -0.299. The van der Waals surface area contributed by atoms with Crippen LogP contribution in [0.25, 0.3) is 0 Å². The van der Waals surface area contributed by atoms with Crippen molar-refractivity contribution >= 4 is 5.91 Å². The van der Waals surface area contributed by atoms with Gasteiger partial charge in [0.15, 0.2) is 0 Å². The van der Waals surface area contributed by atoms with Crippen LogP contribution in [0.15, 0.2) is 36.7 Å². The molecule has 0 spiro atoms. The van der Waals surface area contributed by atoms with E-state index in [1.807, 2.05) is 13.2 Å². The molecule has 17 heavy (non-hydrogen) atoms. The van der Waals surface area contributed by atoms with Crippen molar-refractivity contribution in [1.29, 1.82) is 0 Å². The molecule has 0 aliphatic carbocycles. The van der Waals surface area contributed by atoms with Gasteiger partial charge in [-0.1, -0.05) is 12.1 Å². The largest absolute Gasteiger partial charge is 0.507 e. The summed E-state index contributed by atoms with van der Waals surface area (Å²) in [5, 5.41) is 16.2. The zero-order valence-corrected chi connectivity index (χ0v) is 9.42. The lowest BCUT2D eigenvalue weighted by atomic mass is 10.2. The number of hydrogen-bond acceptors (Lipinski definition) is 3. The van der Waals surface area contributed by atoms with Crippen LogP contribution >= 0.6 is 0 Å². The van der Waals surface area contributed by atoms with Gasteiger partial charge in [0.1, 0.15) is 5.75 Å². The highest BCUT2D eigenvalue weighted by atomic mass is 16.3. The van der Waals surface area contributed by atoms with E-state index in [0.717, 1.165) is 5.56 Å². The Morgan fingerprint density at radius 2 is 2.24 bits per heavy atom. The van der Waals surface area contributed by atoms with E-state index >= 15 is 0 Å². The van der Waals surface area contributed by atoms with Crippen LogP contribution in [0.3, 0.4) is 0 Å². The van der Waals surface area contributed by atoms with Crippen LogP contribution in [0.5, 0.6) is 5.75 Å². The lowest BCUT2D eigenvalue weighted by molar-refractivity contribution is 0.0948. The number of para-hydroxylation sites is 1. The van der Waals surface area contributed by atoms with E-state index in [1.54, 1.807) is 29.1 Å². The molecule has 0 saturated heterocycles. The normalized spacial score (nSPS) is 10.2. The van der Waals surface area contributed by atoms with Crippen molar-refractivity contribution in [3.05, 3.63) is 47.8 Å². The molecule has 0 bridgehead atoms. The third-order valence-corrected chi connectivity index (χ3v) is 2.36. The second-order valence-corrected chi connectivity index (χ2v) is 3.72. The Balaban J connectivity index is 2.01. The molecule has 1 heterocycles. The highest BCUT2D eigenvalue weighted by Gasteiger charge is 2.09. The van der Waals surface area contributed by atoms with E-state index in [0.29, 0.717) is 6.54 Å². The van der Waals surface area contributed by atoms with Crippen molar-refractivity contribution in [2.24, 2.45) is 7.05 Å². The maximum Gasteiger partial charge on any atom is 0.255 e. The summed E-state index contributed by atoms with van der Waals surface area (Å²) < 4.78 is 1.67. The van der Waals surface area contributed by atoms with Crippen molar-refractivity contribution in [2.45, 2.75) is 6.54 Å². The Labute approximate surface area is 98.7 Å². The van der Waals surface area contributed by atoms with E-state index in [2.05, 4.69) is 10.4 Å². The molecule has 0 atom stereocenters. The molecule has 0 fully saturated rings. The van der Waals surface area contributed by atoms with Crippen LogP contribution in [0, 0.1) is 0 Å². The number of rotatable bonds is 3. The second-order valence-electron chi connectivity index (χ2n) is 3.72. The monoisotopic (exact) mass is 231 g/mol. The summed E-state index contributed by atoms with van der Waals surface area (Å²) in [6.45, 7) is 0.390. The van der Waals surface area contributed by atoms with E-state index in [-0.39, 0.29) is 17.2 Å². The Morgan fingerprint density at radius 3 is 2.88 bits per heavy atom. The first-order valence-electron chi connectivity index (χ1n) is 5.20. The first-order chi connectivity index (χ1) is 8.16. The summed E-state index contributed by atoms with van der Waals surface area (Å²) in [6, 6.07) is 6.44. The smallest absolute Gasteiger partial charge is 0.255 e.